The van der Waals surface area contributed by atoms with E-state index in [9.17, 15) is 13.2 Å². The van der Waals surface area contributed by atoms with Gasteiger partial charge in [-0.2, -0.15) is 13.2 Å². The van der Waals surface area contributed by atoms with Gasteiger partial charge in [-0.25, -0.2) is 0 Å². The Morgan fingerprint density at radius 1 is 1.20 bits per heavy atom. The summed E-state index contributed by atoms with van der Waals surface area (Å²) in [7, 11) is 0. The fourth-order valence-corrected chi connectivity index (χ4v) is 1.78. The average Bonchev–Trinajstić information content (AvgIpc) is 2.38. The second-order valence-electron chi connectivity index (χ2n) is 5.04. The summed E-state index contributed by atoms with van der Waals surface area (Å²) in [5.41, 5.74) is 5.65. The van der Waals surface area contributed by atoms with Crippen molar-refractivity contribution in [3.8, 4) is 5.75 Å². The summed E-state index contributed by atoms with van der Waals surface area (Å²) in [4.78, 5) is 0. The Bertz CT molecular complexity index is 432. The molecule has 0 fully saturated rings. The van der Waals surface area contributed by atoms with E-state index in [1.54, 1.807) is 13.0 Å². The molecule has 0 aliphatic rings. The highest BCUT2D eigenvalue weighted by Crippen LogP contribution is 2.37. The summed E-state index contributed by atoms with van der Waals surface area (Å²) >= 11 is 0. The fourth-order valence-electron chi connectivity index (χ4n) is 1.78. The van der Waals surface area contributed by atoms with Gasteiger partial charge in [0.15, 0.2) is 0 Å². The average molecular weight is 289 g/mol. The molecule has 1 aromatic rings. The van der Waals surface area contributed by atoms with Gasteiger partial charge in [0.25, 0.3) is 0 Å². The van der Waals surface area contributed by atoms with Crippen LogP contribution < -0.4 is 10.5 Å². The van der Waals surface area contributed by atoms with E-state index in [2.05, 4.69) is 0 Å². The van der Waals surface area contributed by atoms with Crippen molar-refractivity contribution in [3.63, 3.8) is 0 Å². The van der Waals surface area contributed by atoms with Gasteiger partial charge in [0.1, 0.15) is 5.75 Å². The molecule has 0 spiro atoms. The summed E-state index contributed by atoms with van der Waals surface area (Å²) in [6.07, 6.45) is -2.86. The molecular weight excluding hydrogens is 267 g/mol. The van der Waals surface area contributed by atoms with Crippen LogP contribution in [0.3, 0.4) is 0 Å². The first-order valence-electron chi connectivity index (χ1n) is 6.90. The molecule has 114 valence electrons. The van der Waals surface area contributed by atoms with Crippen molar-refractivity contribution in [1.29, 1.82) is 0 Å². The monoisotopic (exact) mass is 289 g/mol. The van der Waals surface area contributed by atoms with Crippen LogP contribution in [0.15, 0.2) is 18.2 Å². The standard InChI is InChI=1S/C15H22F3NO/c1-4-10(3)20-14-7-6-11(8-12(19)5-2)9-13(14)15(16,17)18/h6-7,9-10,12H,4-5,8,19H2,1-3H3. The third-order valence-electron chi connectivity index (χ3n) is 3.27. The highest BCUT2D eigenvalue weighted by atomic mass is 19.4. The molecule has 1 rings (SSSR count). The van der Waals surface area contributed by atoms with E-state index >= 15 is 0 Å². The van der Waals surface area contributed by atoms with Crippen LogP contribution in [0.4, 0.5) is 13.2 Å². The predicted octanol–water partition coefficient (Wildman–Crippen LogP) is 4.16. The quantitative estimate of drug-likeness (QED) is 0.853. The maximum absolute atomic E-state index is 13.1. The van der Waals surface area contributed by atoms with Crippen LogP contribution in [0.25, 0.3) is 0 Å². The zero-order valence-corrected chi connectivity index (χ0v) is 12.1. The molecule has 2 unspecified atom stereocenters. The molecule has 0 aliphatic heterocycles. The normalized spacial score (nSPS) is 14.9. The molecule has 2 atom stereocenters. The summed E-state index contributed by atoms with van der Waals surface area (Å²) < 4.78 is 44.6. The summed E-state index contributed by atoms with van der Waals surface area (Å²) in [5.74, 6) is -0.110. The molecule has 2 N–H and O–H groups in total. The lowest BCUT2D eigenvalue weighted by molar-refractivity contribution is -0.139. The number of halogens is 3. The van der Waals surface area contributed by atoms with Crippen molar-refractivity contribution in [2.24, 2.45) is 5.73 Å². The van der Waals surface area contributed by atoms with E-state index in [4.69, 9.17) is 10.5 Å². The Morgan fingerprint density at radius 3 is 2.35 bits per heavy atom. The zero-order valence-electron chi connectivity index (χ0n) is 12.1. The van der Waals surface area contributed by atoms with E-state index in [-0.39, 0.29) is 17.9 Å². The van der Waals surface area contributed by atoms with E-state index < -0.39 is 11.7 Å². The van der Waals surface area contributed by atoms with Crippen molar-refractivity contribution < 1.29 is 17.9 Å². The van der Waals surface area contributed by atoms with Crippen LogP contribution >= 0.6 is 0 Å². The van der Waals surface area contributed by atoms with Crippen molar-refractivity contribution in [3.05, 3.63) is 29.3 Å². The second-order valence-corrected chi connectivity index (χ2v) is 5.04. The van der Waals surface area contributed by atoms with Crippen molar-refractivity contribution in [2.75, 3.05) is 0 Å². The number of ether oxygens (including phenoxy) is 1. The SMILES string of the molecule is CCC(N)Cc1ccc(OC(C)CC)c(C(F)(F)F)c1. The molecule has 20 heavy (non-hydrogen) atoms. The van der Waals surface area contributed by atoms with Crippen LogP contribution in [0.2, 0.25) is 0 Å². The fraction of sp³-hybridized carbons (Fsp3) is 0.600. The van der Waals surface area contributed by atoms with E-state index in [1.807, 2.05) is 13.8 Å². The van der Waals surface area contributed by atoms with Gasteiger partial charge in [-0.05, 0) is 43.9 Å². The van der Waals surface area contributed by atoms with Crippen LogP contribution in [0.1, 0.15) is 44.7 Å². The Kier molecular flexibility index (Phi) is 5.87. The van der Waals surface area contributed by atoms with Gasteiger partial charge in [0.2, 0.25) is 0 Å². The van der Waals surface area contributed by atoms with Crippen molar-refractivity contribution in [2.45, 2.75) is 58.4 Å². The Balaban J connectivity index is 3.07. The predicted molar refractivity (Wildman–Crippen MR) is 73.8 cm³/mol. The molecule has 1 aromatic carbocycles. The molecule has 0 aliphatic carbocycles. The first-order valence-corrected chi connectivity index (χ1v) is 6.90. The van der Waals surface area contributed by atoms with Gasteiger partial charge in [-0.1, -0.05) is 19.9 Å². The van der Waals surface area contributed by atoms with E-state index in [1.165, 1.54) is 6.07 Å². The molecule has 2 nitrogen and oxygen atoms in total. The second kappa shape index (κ2) is 6.97. The number of rotatable bonds is 6. The van der Waals surface area contributed by atoms with Gasteiger partial charge in [0.05, 0.1) is 11.7 Å². The minimum Gasteiger partial charge on any atom is -0.490 e. The van der Waals surface area contributed by atoms with Crippen LogP contribution in [-0.2, 0) is 12.6 Å². The third-order valence-corrected chi connectivity index (χ3v) is 3.27. The molecular formula is C15H22F3NO. The molecule has 0 saturated carbocycles. The van der Waals surface area contributed by atoms with Crippen molar-refractivity contribution in [1.82, 2.24) is 0 Å². The van der Waals surface area contributed by atoms with Crippen LogP contribution in [-0.4, -0.2) is 12.1 Å². The minimum atomic E-state index is -4.42. The number of benzene rings is 1. The topological polar surface area (TPSA) is 35.2 Å². The molecule has 0 amide bonds. The Hall–Kier alpha value is -1.23. The molecule has 0 radical (unpaired) electrons. The van der Waals surface area contributed by atoms with Gasteiger partial charge in [0, 0.05) is 6.04 Å². The lowest BCUT2D eigenvalue weighted by Gasteiger charge is -2.19. The smallest absolute Gasteiger partial charge is 0.419 e. The van der Waals surface area contributed by atoms with Gasteiger partial charge in [-0.3, -0.25) is 0 Å². The molecule has 0 aromatic heterocycles. The number of hydrogen-bond donors (Lipinski definition) is 1. The van der Waals surface area contributed by atoms with Crippen LogP contribution in [0.5, 0.6) is 5.75 Å². The van der Waals surface area contributed by atoms with Gasteiger partial charge >= 0.3 is 6.18 Å². The van der Waals surface area contributed by atoms with E-state index in [0.29, 0.717) is 18.4 Å². The lowest BCUT2D eigenvalue weighted by atomic mass is 10.0. The zero-order chi connectivity index (χ0) is 15.3. The molecule has 0 saturated heterocycles. The van der Waals surface area contributed by atoms with Gasteiger partial charge in [-0.15, -0.1) is 0 Å². The lowest BCUT2D eigenvalue weighted by Crippen LogP contribution is -2.22. The van der Waals surface area contributed by atoms with E-state index in [0.717, 1.165) is 12.5 Å². The van der Waals surface area contributed by atoms with Crippen LogP contribution in [0, 0.1) is 0 Å². The summed E-state index contributed by atoms with van der Waals surface area (Å²) in [5, 5.41) is 0. The molecule has 0 bridgehead atoms. The molecule has 0 heterocycles. The maximum atomic E-state index is 13.1. The van der Waals surface area contributed by atoms with Gasteiger partial charge < -0.3 is 10.5 Å². The highest BCUT2D eigenvalue weighted by Gasteiger charge is 2.35. The Morgan fingerprint density at radius 2 is 1.85 bits per heavy atom. The number of nitrogens with two attached hydrogens (primary N) is 1. The molecule has 5 heteroatoms. The highest BCUT2D eigenvalue weighted by molar-refractivity contribution is 5.39. The van der Waals surface area contributed by atoms with Crippen molar-refractivity contribution >= 4 is 0 Å². The first-order chi connectivity index (χ1) is 9.27. The minimum absolute atomic E-state index is 0.110. The third kappa shape index (κ3) is 4.71. The number of alkyl halides is 3. The Labute approximate surface area is 118 Å². The summed E-state index contributed by atoms with van der Waals surface area (Å²) in [6.45, 7) is 5.53. The maximum Gasteiger partial charge on any atom is 0.419 e. The summed E-state index contributed by atoms with van der Waals surface area (Å²) in [6, 6.07) is 4.07. The first kappa shape index (κ1) is 16.8. The largest absolute Gasteiger partial charge is 0.490 e. The number of hydrogen-bond acceptors (Lipinski definition) is 2.